The maximum atomic E-state index is 12.8. The van der Waals surface area contributed by atoms with E-state index in [1.165, 1.54) is 7.11 Å². The van der Waals surface area contributed by atoms with E-state index in [-0.39, 0.29) is 5.57 Å². The number of amides is 2. The molecule has 6 heteroatoms. The first-order valence-electron chi connectivity index (χ1n) is 7.76. The third-order valence-electron chi connectivity index (χ3n) is 3.84. The molecule has 2 amide bonds. The third kappa shape index (κ3) is 2.82. The molecule has 0 aliphatic carbocycles. The fraction of sp³-hybridized carbons (Fsp3) is 0.158. The van der Waals surface area contributed by atoms with E-state index in [0.29, 0.717) is 29.4 Å². The number of ether oxygens (including phenoxy) is 2. The second-order valence-electron chi connectivity index (χ2n) is 5.30. The Labute approximate surface area is 144 Å². The summed E-state index contributed by atoms with van der Waals surface area (Å²) in [4.78, 5) is 26.2. The Morgan fingerprint density at radius 2 is 1.68 bits per heavy atom. The van der Waals surface area contributed by atoms with Crippen molar-refractivity contribution in [3.8, 4) is 11.5 Å². The van der Waals surface area contributed by atoms with Crippen LogP contribution in [0.25, 0.3) is 5.57 Å². The zero-order valence-electron chi connectivity index (χ0n) is 13.9. The van der Waals surface area contributed by atoms with Crippen LogP contribution in [0.1, 0.15) is 12.5 Å². The second-order valence-corrected chi connectivity index (χ2v) is 5.30. The molecule has 1 aliphatic rings. The van der Waals surface area contributed by atoms with Crippen LogP contribution in [0, 0.1) is 0 Å². The zero-order valence-corrected chi connectivity index (χ0v) is 13.9. The smallest absolute Gasteiger partial charge is 0.301 e. The minimum absolute atomic E-state index is 0.0728. The molecule has 0 bridgehead atoms. The monoisotopic (exact) mass is 339 g/mol. The fourth-order valence-electron chi connectivity index (χ4n) is 2.70. The maximum Gasteiger partial charge on any atom is 0.301 e. The van der Waals surface area contributed by atoms with Crippen LogP contribution < -0.4 is 14.4 Å². The standard InChI is InChI=1S/C19H17NO5/c1-3-25-13-10-8-12(9-11-13)20-18(22)16(17(21)19(20)23)14-6-4-5-7-15(14)24-2/h4-11,21H,3H2,1-2H3. The van der Waals surface area contributed by atoms with E-state index in [9.17, 15) is 14.7 Å². The maximum absolute atomic E-state index is 12.8. The highest BCUT2D eigenvalue weighted by atomic mass is 16.5. The summed E-state index contributed by atoms with van der Waals surface area (Å²) in [6.45, 7) is 2.38. The van der Waals surface area contributed by atoms with Crippen LogP contribution in [0.4, 0.5) is 5.69 Å². The van der Waals surface area contributed by atoms with Crippen LogP contribution in [-0.2, 0) is 9.59 Å². The van der Waals surface area contributed by atoms with Crippen molar-refractivity contribution in [1.29, 1.82) is 0 Å². The summed E-state index contributed by atoms with van der Waals surface area (Å²) in [6.07, 6.45) is 0. The van der Waals surface area contributed by atoms with Gasteiger partial charge in [0.25, 0.3) is 5.91 Å². The number of carbonyl (C=O) groups is 2. The lowest BCUT2D eigenvalue weighted by atomic mass is 10.0. The molecule has 1 heterocycles. The Balaban J connectivity index is 1.99. The molecule has 2 aromatic carbocycles. The topological polar surface area (TPSA) is 76.1 Å². The average molecular weight is 339 g/mol. The van der Waals surface area contributed by atoms with Crippen molar-refractivity contribution >= 4 is 23.1 Å². The molecule has 0 atom stereocenters. The van der Waals surface area contributed by atoms with Crippen molar-refractivity contribution in [2.75, 3.05) is 18.6 Å². The van der Waals surface area contributed by atoms with Gasteiger partial charge in [-0.2, -0.15) is 0 Å². The van der Waals surface area contributed by atoms with Crippen LogP contribution in [0.15, 0.2) is 54.3 Å². The predicted octanol–water partition coefficient (Wildman–Crippen LogP) is 2.94. The van der Waals surface area contributed by atoms with Gasteiger partial charge in [-0.05, 0) is 37.3 Å². The zero-order chi connectivity index (χ0) is 18.0. The minimum atomic E-state index is -0.768. The van der Waals surface area contributed by atoms with Gasteiger partial charge in [0.05, 0.1) is 25.0 Å². The van der Waals surface area contributed by atoms with Crippen LogP contribution in [0.3, 0.4) is 0 Å². The van der Waals surface area contributed by atoms with Crippen LogP contribution in [0.5, 0.6) is 11.5 Å². The van der Waals surface area contributed by atoms with Crippen molar-refractivity contribution in [1.82, 2.24) is 0 Å². The first-order chi connectivity index (χ1) is 12.1. The van der Waals surface area contributed by atoms with Crippen molar-refractivity contribution in [3.63, 3.8) is 0 Å². The molecule has 6 nitrogen and oxygen atoms in total. The van der Waals surface area contributed by atoms with Crippen molar-refractivity contribution in [3.05, 3.63) is 59.9 Å². The molecule has 25 heavy (non-hydrogen) atoms. The second kappa shape index (κ2) is 6.68. The number of rotatable bonds is 5. The molecule has 0 aromatic heterocycles. The summed E-state index contributed by atoms with van der Waals surface area (Å²) in [5.74, 6) is -0.930. The van der Waals surface area contributed by atoms with E-state index >= 15 is 0 Å². The van der Waals surface area contributed by atoms with Crippen molar-refractivity contribution < 1.29 is 24.2 Å². The largest absolute Gasteiger partial charge is 0.502 e. The van der Waals surface area contributed by atoms with Crippen LogP contribution >= 0.6 is 0 Å². The quantitative estimate of drug-likeness (QED) is 0.848. The first-order valence-corrected chi connectivity index (χ1v) is 7.76. The number of hydrogen-bond acceptors (Lipinski definition) is 5. The van der Waals surface area contributed by atoms with Gasteiger partial charge in [0.1, 0.15) is 11.5 Å². The van der Waals surface area contributed by atoms with Gasteiger partial charge in [0.15, 0.2) is 5.76 Å². The molecule has 128 valence electrons. The molecule has 0 unspecified atom stereocenters. The van der Waals surface area contributed by atoms with Gasteiger partial charge >= 0.3 is 5.91 Å². The predicted molar refractivity (Wildman–Crippen MR) is 92.6 cm³/mol. The Morgan fingerprint density at radius 3 is 2.32 bits per heavy atom. The highest BCUT2D eigenvalue weighted by molar-refractivity contribution is 6.45. The number of imide groups is 1. The Kier molecular flexibility index (Phi) is 4.43. The summed E-state index contributed by atoms with van der Waals surface area (Å²) in [7, 11) is 1.46. The highest BCUT2D eigenvalue weighted by Gasteiger charge is 2.41. The number of aliphatic hydroxyl groups excluding tert-OH is 1. The molecule has 0 saturated carbocycles. The van der Waals surface area contributed by atoms with E-state index < -0.39 is 17.6 Å². The summed E-state index contributed by atoms with van der Waals surface area (Å²) in [5.41, 5.74) is 0.653. The van der Waals surface area contributed by atoms with Gasteiger partial charge in [-0.3, -0.25) is 9.59 Å². The molecule has 0 saturated heterocycles. The molecule has 0 radical (unpaired) electrons. The van der Waals surface area contributed by atoms with E-state index in [2.05, 4.69) is 0 Å². The lowest BCUT2D eigenvalue weighted by Gasteiger charge is -2.15. The number of hydrogen-bond donors (Lipinski definition) is 1. The number of nitrogens with zero attached hydrogens (tertiary/aromatic N) is 1. The number of aliphatic hydroxyl groups is 1. The van der Waals surface area contributed by atoms with Gasteiger partial charge in [0, 0.05) is 5.56 Å². The van der Waals surface area contributed by atoms with Crippen molar-refractivity contribution in [2.24, 2.45) is 0 Å². The summed E-state index contributed by atoms with van der Waals surface area (Å²) < 4.78 is 10.6. The fourth-order valence-corrected chi connectivity index (χ4v) is 2.70. The van der Waals surface area contributed by atoms with Gasteiger partial charge in [-0.25, -0.2) is 4.90 Å². The first kappa shape index (κ1) is 16.6. The van der Waals surface area contributed by atoms with Crippen LogP contribution in [0.2, 0.25) is 0 Å². The third-order valence-corrected chi connectivity index (χ3v) is 3.84. The highest BCUT2D eigenvalue weighted by Crippen LogP contribution is 2.36. The van der Waals surface area contributed by atoms with Gasteiger partial charge in [-0.1, -0.05) is 18.2 Å². The normalized spacial score (nSPS) is 14.2. The molecule has 1 N–H and O–H groups in total. The number of methoxy groups -OCH3 is 1. The van der Waals surface area contributed by atoms with Gasteiger partial charge in [-0.15, -0.1) is 0 Å². The summed E-state index contributed by atoms with van der Waals surface area (Å²) in [5, 5.41) is 10.3. The Morgan fingerprint density at radius 1 is 1.00 bits per heavy atom. The lowest BCUT2D eigenvalue weighted by molar-refractivity contribution is -0.121. The van der Waals surface area contributed by atoms with Gasteiger partial charge in [0.2, 0.25) is 0 Å². The number of benzene rings is 2. The van der Waals surface area contributed by atoms with E-state index in [4.69, 9.17) is 9.47 Å². The number of para-hydroxylation sites is 1. The van der Waals surface area contributed by atoms with Gasteiger partial charge < -0.3 is 14.6 Å². The van der Waals surface area contributed by atoms with Crippen LogP contribution in [-0.4, -0.2) is 30.6 Å². The SMILES string of the molecule is CCOc1ccc(N2C(=O)C(O)=C(c3ccccc3OC)C2=O)cc1. The molecule has 1 aliphatic heterocycles. The summed E-state index contributed by atoms with van der Waals surface area (Å²) >= 11 is 0. The Hall–Kier alpha value is -3.28. The lowest BCUT2D eigenvalue weighted by Crippen LogP contribution is -2.31. The van der Waals surface area contributed by atoms with E-state index in [1.807, 2.05) is 6.92 Å². The molecule has 2 aromatic rings. The van der Waals surface area contributed by atoms with E-state index in [0.717, 1.165) is 4.90 Å². The van der Waals surface area contributed by atoms with E-state index in [1.54, 1.807) is 48.5 Å². The molecule has 3 rings (SSSR count). The minimum Gasteiger partial charge on any atom is -0.502 e. The molecular formula is C19H17NO5. The number of anilines is 1. The Bertz CT molecular complexity index is 854. The molecule has 0 spiro atoms. The average Bonchev–Trinajstić information content (AvgIpc) is 2.85. The summed E-state index contributed by atoms with van der Waals surface area (Å²) in [6, 6.07) is 13.2. The number of carbonyl (C=O) groups excluding carboxylic acids is 2. The molecule has 0 fully saturated rings. The van der Waals surface area contributed by atoms with Crippen molar-refractivity contribution in [2.45, 2.75) is 6.92 Å². The molecular weight excluding hydrogens is 322 g/mol.